The lowest BCUT2D eigenvalue weighted by Gasteiger charge is -2.23. The molecule has 9 heteroatoms. The summed E-state index contributed by atoms with van der Waals surface area (Å²) in [4.78, 5) is 11.1. The quantitative estimate of drug-likeness (QED) is 0.534. The molecule has 2 aromatic heterocycles. The van der Waals surface area contributed by atoms with Crippen molar-refractivity contribution in [1.82, 2.24) is 15.0 Å². The highest BCUT2D eigenvalue weighted by atomic mass is 79.9. The first-order chi connectivity index (χ1) is 11.9. The van der Waals surface area contributed by atoms with Crippen molar-refractivity contribution in [1.29, 1.82) is 0 Å². The number of aromatic amines is 1. The van der Waals surface area contributed by atoms with Gasteiger partial charge in [-0.25, -0.2) is 9.97 Å². The van der Waals surface area contributed by atoms with Crippen molar-refractivity contribution in [2.45, 2.75) is 31.5 Å². The van der Waals surface area contributed by atoms with Crippen LogP contribution in [0, 0.1) is 0 Å². The Morgan fingerprint density at radius 1 is 1.19 bits per heavy atom. The van der Waals surface area contributed by atoms with Gasteiger partial charge < -0.3 is 10.3 Å². The number of benzene rings is 1. The molecule has 0 amide bonds. The summed E-state index contributed by atoms with van der Waals surface area (Å²) in [7, 11) is 0. The maximum absolute atomic E-state index is 12.6. The zero-order valence-corrected chi connectivity index (χ0v) is 15.8. The molecule has 0 radical (unpaired) electrons. The van der Waals surface area contributed by atoms with Gasteiger partial charge in [-0.3, -0.25) is 0 Å². The molecule has 0 saturated heterocycles. The number of rotatable bonds is 2. The maximum atomic E-state index is 12.6. The molecule has 26 heavy (non-hydrogen) atoms. The summed E-state index contributed by atoms with van der Waals surface area (Å²) in [6, 6.07) is 6.03. The van der Waals surface area contributed by atoms with Gasteiger partial charge in [-0.2, -0.15) is 13.2 Å². The third-order valence-corrected chi connectivity index (χ3v) is 4.94. The van der Waals surface area contributed by atoms with Gasteiger partial charge in [-0.05, 0) is 43.0 Å². The van der Waals surface area contributed by atoms with E-state index >= 15 is 0 Å². The van der Waals surface area contributed by atoms with Crippen molar-refractivity contribution in [2.75, 3.05) is 5.32 Å². The molecular weight excluding hydrogens is 433 g/mol. The molecular formula is C17H15BrClF3N4. The predicted octanol–water partition coefficient (Wildman–Crippen LogP) is 5.65. The van der Waals surface area contributed by atoms with Crippen molar-refractivity contribution in [3.63, 3.8) is 0 Å². The van der Waals surface area contributed by atoms with Gasteiger partial charge in [0.1, 0.15) is 0 Å². The van der Waals surface area contributed by atoms with E-state index in [2.05, 4.69) is 42.3 Å². The van der Waals surface area contributed by atoms with Gasteiger partial charge >= 0.3 is 6.18 Å². The Balaban J connectivity index is 0.00000196. The number of nitrogens with zero attached hydrogens (tertiary/aromatic N) is 2. The lowest BCUT2D eigenvalue weighted by atomic mass is 9.92. The lowest BCUT2D eigenvalue weighted by molar-refractivity contribution is -0.138. The van der Waals surface area contributed by atoms with E-state index in [0.717, 1.165) is 47.3 Å². The van der Waals surface area contributed by atoms with E-state index in [1.54, 1.807) is 0 Å². The summed E-state index contributed by atoms with van der Waals surface area (Å²) >= 11 is 3.50. The van der Waals surface area contributed by atoms with Crippen molar-refractivity contribution >= 4 is 45.2 Å². The van der Waals surface area contributed by atoms with E-state index in [1.807, 2.05) is 12.1 Å². The van der Waals surface area contributed by atoms with Crippen LogP contribution in [-0.2, 0) is 12.6 Å². The second kappa shape index (κ2) is 7.08. The average molecular weight is 448 g/mol. The summed E-state index contributed by atoms with van der Waals surface area (Å²) in [5, 5.41) is 4.33. The number of fused-ring (bicyclic) bond motifs is 3. The van der Waals surface area contributed by atoms with Crippen LogP contribution in [0.2, 0.25) is 0 Å². The molecule has 2 heterocycles. The van der Waals surface area contributed by atoms with E-state index in [0.29, 0.717) is 0 Å². The van der Waals surface area contributed by atoms with Gasteiger partial charge in [0, 0.05) is 33.5 Å². The minimum absolute atomic E-state index is 0. The van der Waals surface area contributed by atoms with Crippen molar-refractivity contribution in [3.05, 3.63) is 51.9 Å². The summed E-state index contributed by atoms with van der Waals surface area (Å²) in [5.74, 6) is 0.200. The monoisotopic (exact) mass is 446 g/mol. The van der Waals surface area contributed by atoms with Crippen LogP contribution in [0.1, 0.15) is 35.7 Å². The van der Waals surface area contributed by atoms with Crippen LogP contribution >= 0.6 is 28.3 Å². The van der Waals surface area contributed by atoms with Crippen LogP contribution in [0.4, 0.5) is 19.1 Å². The minimum Gasteiger partial charge on any atom is -0.356 e. The topological polar surface area (TPSA) is 53.6 Å². The fourth-order valence-electron chi connectivity index (χ4n) is 3.28. The molecule has 2 N–H and O–H groups in total. The van der Waals surface area contributed by atoms with Crippen LogP contribution in [0.3, 0.4) is 0 Å². The first-order valence-electron chi connectivity index (χ1n) is 7.87. The highest BCUT2D eigenvalue weighted by molar-refractivity contribution is 9.10. The van der Waals surface area contributed by atoms with Gasteiger partial charge in [0.2, 0.25) is 5.95 Å². The number of hydrogen-bond donors (Lipinski definition) is 2. The van der Waals surface area contributed by atoms with E-state index in [1.165, 1.54) is 10.9 Å². The van der Waals surface area contributed by atoms with Gasteiger partial charge in [0.25, 0.3) is 0 Å². The molecule has 1 unspecified atom stereocenters. The first-order valence-corrected chi connectivity index (χ1v) is 8.67. The van der Waals surface area contributed by atoms with Gasteiger partial charge in [-0.1, -0.05) is 15.9 Å². The number of halogens is 5. The Bertz CT molecular complexity index is 924. The second-order valence-corrected chi connectivity index (χ2v) is 7.01. The Morgan fingerprint density at radius 2 is 1.92 bits per heavy atom. The zero-order valence-electron chi connectivity index (χ0n) is 13.4. The third kappa shape index (κ3) is 3.53. The molecule has 4 nitrogen and oxygen atoms in total. The largest absolute Gasteiger partial charge is 0.419 e. The Labute approximate surface area is 162 Å². The van der Waals surface area contributed by atoms with Crippen LogP contribution in [0.5, 0.6) is 0 Å². The van der Waals surface area contributed by atoms with Crippen LogP contribution in [0.15, 0.2) is 35.1 Å². The number of anilines is 1. The standard InChI is InChI=1S/C17H14BrF3N4.ClH/c18-10-4-5-13-12(6-10)11-2-1-3-14(15(11)24-13)25-16-22-7-9(8-23-16)17(19,20)21;/h4-8,14,24H,1-3H2,(H,22,23,25);1H. The van der Waals surface area contributed by atoms with Crippen molar-refractivity contribution in [3.8, 4) is 0 Å². The number of hydrogen-bond acceptors (Lipinski definition) is 3. The normalized spacial score (nSPS) is 16.8. The first kappa shape index (κ1) is 19.0. The van der Waals surface area contributed by atoms with Gasteiger partial charge in [0.15, 0.2) is 0 Å². The number of alkyl halides is 3. The molecule has 0 bridgehead atoms. The molecule has 0 aliphatic heterocycles. The van der Waals surface area contributed by atoms with E-state index < -0.39 is 11.7 Å². The maximum Gasteiger partial charge on any atom is 0.419 e. The third-order valence-electron chi connectivity index (χ3n) is 4.45. The minimum atomic E-state index is -4.43. The van der Waals surface area contributed by atoms with Crippen LogP contribution in [-0.4, -0.2) is 15.0 Å². The van der Waals surface area contributed by atoms with E-state index in [9.17, 15) is 13.2 Å². The predicted molar refractivity (Wildman–Crippen MR) is 99.6 cm³/mol. The van der Waals surface area contributed by atoms with Crippen molar-refractivity contribution in [2.24, 2.45) is 0 Å². The highest BCUT2D eigenvalue weighted by Gasteiger charge is 2.31. The molecule has 0 spiro atoms. The Hall–Kier alpha value is -1.80. The lowest BCUT2D eigenvalue weighted by Crippen LogP contribution is -2.19. The molecule has 0 fully saturated rings. The second-order valence-electron chi connectivity index (χ2n) is 6.09. The summed E-state index contributed by atoms with van der Waals surface area (Å²) in [5.41, 5.74) is 2.50. The van der Waals surface area contributed by atoms with Crippen molar-refractivity contribution < 1.29 is 13.2 Å². The molecule has 3 aromatic rings. The van der Waals surface area contributed by atoms with Gasteiger partial charge in [-0.15, -0.1) is 12.4 Å². The summed E-state index contributed by atoms with van der Waals surface area (Å²) in [6.07, 6.45) is 0.0118. The number of nitrogens with one attached hydrogen (secondary N) is 2. The summed E-state index contributed by atoms with van der Waals surface area (Å²) < 4.78 is 38.9. The summed E-state index contributed by atoms with van der Waals surface area (Å²) in [6.45, 7) is 0. The van der Waals surface area contributed by atoms with Crippen LogP contribution < -0.4 is 5.32 Å². The number of aromatic nitrogens is 3. The Kier molecular flexibility index (Phi) is 5.16. The fourth-order valence-corrected chi connectivity index (χ4v) is 3.65. The number of H-pyrrole nitrogens is 1. The molecule has 1 aromatic carbocycles. The smallest absolute Gasteiger partial charge is 0.356 e. The molecule has 4 rings (SSSR count). The molecule has 138 valence electrons. The Morgan fingerprint density at radius 3 is 2.62 bits per heavy atom. The van der Waals surface area contributed by atoms with Gasteiger partial charge in [0.05, 0.1) is 11.6 Å². The highest BCUT2D eigenvalue weighted by Crippen LogP contribution is 2.37. The molecule has 1 aliphatic rings. The zero-order chi connectivity index (χ0) is 17.6. The average Bonchev–Trinajstić information content (AvgIpc) is 2.94. The van der Waals surface area contributed by atoms with Crippen LogP contribution in [0.25, 0.3) is 10.9 Å². The molecule has 1 atom stereocenters. The SMILES string of the molecule is Cl.FC(F)(F)c1cnc(NC2CCCc3c2[nH]c2ccc(Br)cc32)nc1. The molecule has 0 saturated carbocycles. The van der Waals surface area contributed by atoms with E-state index in [4.69, 9.17) is 0 Å². The fraction of sp³-hybridized carbons (Fsp3) is 0.294. The number of aryl methyl sites for hydroxylation is 1. The molecule has 1 aliphatic carbocycles. The van der Waals surface area contributed by atoms with E-state index in [-0.39, 0.29) is 24.4 Å².